The molecule has 4 nitrogen and oxygen atoms in total. The Hall–Kier alpha value is -1.91. The number of aliphatic carboxylic acids is 1. The normalized spacial score (nSPS) is 23.1. The average molecular weight is 251 g/mol. The van der Waals surface area contributed by atoms with Crippen LogP contribution in [-0.2, 0) is 9.59 Å². The number of carbonyl (C=O) groups is 2. The van der Waals surface area contributed by atoms with Crippen molar-refractivity contribution in [1.82, 2.24) is 4.90 Å². The molecule has 0 bridgehead atoms. The van der Waals surface area contributed by atoms with Crippen LogP contribution < -0.4 is 0 Å². The van der Waals surface area contributed by atoms with Gasteiger partial charge < -0.3 is 10.0 Å². The van der Waals surface area contributed by atoms with Crippen molar-refractivity contribution in [1.29, 1.82) is 0 Å². The van der Waals surface area contributed by atoms with Crippen molar-refractivity contribution >= 4 is 11.9 Å². The summed E-state index contributed by atoms with van der Waals surface area (Å²) in [5, 5.41) is 9.18. The highest BCUT2D eigenvalue weighted by atomic mass is 19.1. The van der Waals surface area contributed by atoms with Gasteiger partial charge in [-0.25, -0.2) is 4.39 Å². The van der Waals surface area contributed by atoms with Gasteiger partial charge in [0.1, 0.15) is 5.82 Å². The van der Waals surface area contributed by atoms with Crippen LogP contribution in [0.15, 0.2) is 24.3 Å². The highest BCUT2D eigenvalue weighted by molar-refractivity contribution is 5.78. The predicted molar refractivity (Wildman–Crippen MR) is 62.5 cm³/mol. The zero-order valence-electron chi connectivity index (χ0n) is 9.97. The molecular weight excluding hydrogens is 237 g/mol. The second-order valence-electron chi connectivity index (χ2n) is 4.53. The van der Waals surface area contributed by atoms with Crippen LogP contribution in [-0.4, -0.2) is 35.0 Å². The van der Waals surface area contributed by atoms with Gasteiger partial charge in [-0.15, -0.1) is 0 Å². The Kier molecular flexibility index (Phi) is 3.32. The zero-order valence-corrected chi connectivity index (χ0v) is 9.97. The van der Waals surface area contributed by atoms with E-state index in [4.69, 9.17) is 0 Å². The number of hydrogen-bond acceptors (Lipinski definition) is 2. The van der Waals surface area contributed by atoms with Crippen LogP contribution in [0.2, 0.25) is 0 Å². The van der Waals surface area contributed by atoms with Crippen LogP contribution in [0.3, 0.4) is 0 Å². The van der Waals surface area contributed by atoms with Crippen molar-refractivity contribution < 1.29 is 19.1 Å². The number of likely N-dealkylation sites (tertiary alicyclic amines) is 1. The molecule has 18 heavy (non-hydrogen) atoms. The molecule has 96 valence electrons. The molecule has 5 heteroatoms. The van der Waals surface area contributed by atoms with Crippen LogP contribution in [0.25, 0.3) is 0 Å². The third-order valence-electron chi connectivity index (χ3n) is 3.36. The number of carboxylic acid groups (broad SMARTS) is 1. The number of halogens is 1. The fourth-order valence-electron chi connectivity index (χ4n) is 2.39. The van der Waals surface area contributed by atoms with Crippen molar-refractivity contribution in [2.75, 3.05) is 13.1 Å². The van der Waals surface area contributed by atoms with Crippen LogP contribution in [0, 0.1) is 11.7 Å². The number of hydrogen-bond donors (Lipinski definition) is 1. The maximum Gasteiger partial charge on any atom is 0.308 e. The molecule has 1 N–H and O–H groups in total. The van der Waals surface area contributed by atoms with E-state index in [-0.39, 0.29) is 18.4 Å². The first kappa shape index (κ1) is 12.5. The SMILES string of the molecule is CC(=O)N1C[C@H](C(=O)O)[C@@H](c2cccc(F)c2)C1. The van der Waals surface area contributed by atoms with Gasteiger partial charge >= 0.3 is 5.97 Å². The molecule has 1 amide bonds. The standard InChI is InChI=1S/C13H14FNO3/c1-8(16)15-6-11(12(7-15)13(17)18)9-3-2-4-10(14)5-9/h2-5,11-12H,6-7H2,1H3,(H,17,18)/t11-,12+/m1/s1. The molecule has 1 saturated heterocycles. The van der Waals surface area contributed by atoms with E-state index in [2.05, 4.69) is 0 Å². The Morgan fingerprint density at radius 3 is 2.67 bits per heavy atom. The number of carboxylic acids is 1. The Morgan fingerprint density at radius 2 is 2.11 bits per heavy atom. The first-order valence-electron chi connectivity index (χ1n) is 5.73. The van der Waals surface area contributed by atoms with Crippen molar-refractivity contribution in [3.05, 3.63) is 35.6 Å². The van der Waals surface area contributed by atoms with E-state index in [1.165, 1.54) is 24.0 Å². The lowest BCUT2D eigenvalue weighted by molar-refractivity contribution is -0.141. The van der Waals surface area contributed by atoms with Crippen LogP contribution >= 0.6 is 0 Å². The molecule has 0 radical (unpaired) electrons. The fraction of sp³-hybridized carbons (Fsp3) is 0.385. The molecule has 1 aromatic rings. The highest BCUT2D eigenvalue weighted by Gasteiger charge is 2.39. The van der Waals surface area contributed by atoms with Gasteiger partial charge in [-0.3, -0.25) is 9.59 Å². The molecule has 1 fully saturated rings. The zero-order chi connectivity index (χ0) is 13.3. The van der Waals surface area contributed by atoms with E-state index in [0.29, 0.717) is 12.1 Å². The van der Waals surface area contributed by atoms with Crippen molar-refractivity contribution in [2.24, 2.45) is 5.92 Å². The van der Waals surface area contributed by atoms with Gasteiger partial charge in [-0.05, 0) is 17.7 Å². The average Bonchev–Trinajstić information content (AvgIpc) is 2.73. The smallest absolute Gasteiger partial charge is 0.308 e. The lowest BCUT2D eigenvalue weighted by Gasteiger charge is -2.15. The van der Waals surface area contributed by atoms with Crippen LogP contribution in [0.4, 0.5) is 4.39 Å². The molecule has 0 aliphatic carbocycles. The quantitative estimate of drug-likeness (QED) is 0.866. The van der Waals surface area contributed by atoms with Crippen molar-refractivity contribution in [2.45, 2.75) is 12.8 Å². The van der Waals surface area contributed by atoms with E-state index in [1.807, 2.05) is 0 Å². The number of nitrogens with zero attached hydrogens (tertiary/aromatic N) is 1. The predicted octanol–water partition coefficient (Wildman–Crippen LogP) is 1.47. The monoisotopic (exact) mass is 251 g/mol. The fourth-order valence-corrected chi connectivity index (χ4v) is 2.39. The summed E-state index contributed by atoms with van der Waals surface area (Å²) in [6.07, 6.45) is 0. The van der Waals surface area contributed by atoms with Gasteiger partial charge in [0.25, 0.3) is 0 Å². The second kappa shape index (κ2) is 4.76. The molecule has 1 aliphatic rings. The largest absolute Gasteiger partial charge is 0.481 e. The minimum absolute atomic E-state index is 0.153. The Balaban J connectivity index is 2.30. The molecule has 2 rings (SSSR count). The summed E-state index contributed by atoms with van der Waals surface area (Å²) in [6, 6.07) is 5.91. The first-order chi connectivity index (χ1) is 8.49. The van der Waals surface area contributed by atoms with E-state index in [1.54, 1.807) is 12.1 Å². The first-order valence-corrected chi connectivity index (χ1v) is 5.73. The number of rotatable bonds is 2. The summed E-state index contributed by atoms with van der Waals surface area (Å²) in [6.45, 7) is 1.93. The van der Waals surface area contributed by atoms with Crippen molar-refractivity contribution in [3.63, 3.8) is 0 Å². The Morgan fingerprint density at radius 1 is 1.39 bits per heavy atom. The van der Waals surface area contributed by atoms with E-state index in [0.717, 1.165) is 0 Å². The third-order valence-corrected chi connectivity index (χ3v) is 3.36. The molecule has 2 atom stereocenters. The summed E-state index contributed by atoms with van der Waals surface area (Å²) in [7, 11) is 0. The molecule has 1 aliphatic heterocycles. The number of benzene rings is 1. The van der Waals surface area contributed by atoms with Crippen LogP contribution in [0.5, 0.6) is 0 Å². The Labute approximate surface area is 104 Å². The summed E-state index contributed by atoms with van der Waals surface area (Å²) < 4.78 is 13.2. The van der Waals surface area contributed by atoms with Gasteiger partial charge in [0.2, 0.25) is 5.91 Å². The van der Waals surface area contributed by atoms with Crippen LogP contribution in [0.1, 0.15) is 18.4 Å². The van der Waals surface area contributed by atoms with Gasteiger partial charge in [0.15, 0.2) is 0 Å². The van der Waals surface area contributed by atoms with Gasteiger partial charge in [-0.2, -0.15) is 0 Å². The van der Waals surface area contributed by atoms with E-state index < -0.39 is 17.7 Å². The van der Waals surface area contributed by atoms with Gasteiger partial charge in [-0.1, -0.05) is 12.1 Å². The molecule has 0 aromatic heterocycles. The summed E-state index contributed by atoms with van der Waals surface area (Å²) in [5.41, 5.74) is 0.631. The van der Waals surface area contributed by atoms with Gasteiger partial charge in [0, 0.05) is 25.9 Å². The van der Waals surface area contributed by atoms with Gasteiger partial charge in [0.05, 0.1) is 5.92 Å². The maximum absolute atomic E-state index is 13.2. The summed E-state index contributed by atoms with van der Waals surface area (Å²) in [5.74, 6) is -2.51. The molecule has 1 aromatic carbocycles. The highest BCUT2D eigenvalue weighted by Crippen LogP contribution is 2.33. The molecule has 1 heterocycles. The molecule has 0 spiro atoms. The lowest BCUT2D eigenvalue weighted by Crippen LogP contribution is -2.27. The molecule has 0 saturated carbocycles. The summed E-state index contributed by atoms with van der Waals surface area (Å²) >= 11 is 0. The minimum Gasteiger partial charge on any atom is -0.481 e. The van der Waals surface area contributed by atoms with Crippen molar-refractivity contribution in [3.8, 4) is 0 Å². The van der Waals surface area contributed by atoms with E-state index in [9.17, 15) is 19.1 Å². The lowest BCUT2D eigenvalue weighted by atomic mass is 9.89. The molecule has 0 unspecified atom stereocenters. The Bertz CT molecular complexity index is 489. The maximum atomic E-state index is 13.2. The number of carbonyl (C=O) groups excluding carboxylic acids is 1. The number of amides is 1. The summed E-state index contributed by atoms with van der Waals surface area (Å²) in [4.78, 5) is 24.0. The minimum atomic E-state index is -0.951. The topological polar surface area (TPSA) is 57.6 Å². The molecular formula is C13H14FNO3. The second-order valence-corrected chi connectivity index (χ2v) is 4.53. The van der Waals surface area contributed by atoms with E-state index >= 15 is 0 Å². The third kappa shape index (κ3) is 2.34.